The fraction of sp³-hybridized carbons (Fsp3) is 0.550. The van der Waals surface area contributed by atoms with E-state index in [0.29, 0.717) is 44.3 Å². The molecule has 0 radical (unpaired) electrons. The number of rotatable bonds is 9. The first kappa shape index (κ1) is 22.9. The highest BCUT2D eigenvalue weighted by atomic mass is 16.4. The summed E-state index contributed by atoms with van der Waals surface area (Å²) in [6.07, 6.45) is 3.24. The van der Waals surface area contributed by atoms with Gasteiger partial charge in [0.2, 0.25) is 11.8 Å². The number of hydrogen-bond acceptors (Lipinski definition) is 5. The first-order valence-electron chi connectivity index (χ1n) is 10.2. The average Bonchev–Trinajstić information content (AvgIpc) is 3.18. The largest absolute Gasteiger partial charge is 0.475 e. The Bertz CT molecular complexity index is 711. The molecule has 0 spiro atoms. The van der Waals surface area contributed by atoms with E-state index in [-0.39, 0.29) is 17.7 Å². The summed E-state index contributed by atoms with van der Waals surface area (Å²) in [4.78, 5) is 37.9. The Morgan fingerprint density at radius 3 is 2.55 bits per heavy atom. The van der Waals surface area contributed by atoms with E-state index in [2.05, 4.69) is 10.6 Å². The van der Waals surface area contributed by atoms with Crippen LogP contribution in [-0.4, -0.2) is 64.9 Å². The molecule has 1 saturated heterocycles. The molecule has 1 heterocycles. The summed E-state index contributed by atoms with van der Waals surface area (Å²) in [7, 11) is -1.58. The molecular weight excluding hydrogens is 373 g/mol. The van der Waals surface area contributed by atoms with Crippen molar-refractivity contribution in [3.05, 3.63) is 35.4 Å². The molecule has 2 rings (SSSR count). The van der Waals surface area contributed by atoms with Crippen LogP contribution in [0, 0.1) is 0 Å². The van der Waals surface area contributed by atoms with Crippen molar-refractivity contribution in [1.29, 1.82) is 0 Å². The molecule has 1 aliphatic heterocycles. The van der Waals surface area contributed by atoms with Gasteiger partial charge in [-0.3, -0.25) is 14.4 Å². The van der Waals surface area contributed by atoms with E-state index in [1.54, 1.807) is 19.1 Å². The Balaban J connectivity index is 1.85. The van der Waals surface area contributed by atoms with E-state index in [9.17, 15) is 24.4 Å². The van der Waals surface area contributed by atoms with Crippen LogP contribution in [0.2, 0.25) is 0 Å². The Kier molecular flexibility index (Phi) is 8.66. The molecule has 0 bridgehead atoms. The van der Waals surface area contributed by atoms with Gasteiger partial charge in [-0.2, -0.15) is 0 Å². The molecule has 8 nitrogen and oxygen atoms in total. The van der Waals surface area contributed by atoms with Gasteiger partial charge >= 0.3 is 7.12 Å². The number of nitrogens with zero attached hydrogens (tertiary/aromatic N) is 1. The number of carbonyl (C=O) groups excluding carboxylic acids is 3. The third-order valence-electron chi connectivity index (χ3n) is 5.07. The second kappa shape index (κ2) is 11.0. The smallest absolute Gasteiger partial charge is 0.426 e. The lowest BCUT2D eigenvalue weighted by Gasteiger charge is -2.27. The van der Waals surface area contributed by atoms with E-state index in [0.717, 1.165) is 12.0 Å². The summed E-state index contributed by atoms with van der Waals surface area (Å²) in [6, 6.07) is 6.26. The van der Waals surface area contributed by atoms with Crippen LogP contribution in [0.5, 0.6) is 0 Å². The molecule has 29 heavy (non-hydrogen) atoms. The summed E-state index contributed by atoms with van der Waals surface area (Å²) >= 11 is 0. The molecule has 1 fully saturated rings. The van der Waals surface area contributed by atoms with E-state index in [1.165, 1.54) is 4.90 Å². The Hall–Kier alpha value is -2.39. The summed E-state index contributed by atoms with van der Waals surface area (Å²) in [6.45, 7) is 4.54. The van der Waals surface area contributed by atoms with Crippen molar-refractivity contribution in [3.8, 4) is 0 Å². The van der Waals surface area contributed by atoms with Gasteiger partial charge in [0.15, 0.2) is 0 Å². The Morgan fingerprint density at radius 2 is 1.93 bits per heavy atom. The SMILES string of the molecule is CCCC(=O)NCCc1ccc(C(=O)N[C@H](C)C(=O)N2CCC[C@H]2B(O)O)cc1. The van der Waals surface area contributed by atoms with E-state index in [1.807, 2.05) is 19.1 Å². The van der Waals surface area contributed by atoms with Crippen LogP contribution >= 0.6 is 0 Å². The molecule has 2 atom stereocenters. The van der Waals surface area contributed by atoms with Gasteiger partial charge in [0, 0.05) is 25.1 Å². The molecular formula is C20H30BN3O5. The molecule has 1 aliphatic rings. The van der Waals surface area contributed by atoms with Crippen molar-refractivity contribution >= 4 is 24.8 Å². The summed E-state index contributed by atoms with van der Waals surface area (Å²) < 4.78 is 0. The lowest BCUT2D eigenvalue weighted by atomic mass is 9.78. The topological polar surface area (TPSA) is 119 Å². The van der Waals surface area contributed by atoms with Crippen LogP contribution in [0.3, 0.4) is 0 Å². The van der Waals surface area contributed by atoms with Crippen molar-refractivity contribution in [3.63, 3.8) is 0 Å². The first-order chi connectivity index (χ1) is 13.8. The Labute approximate surface area is 171 Å². The maximum absolute atomic E-state index is 12.6. The number of nitrogens with one attached hydrogen (secondary N) is 2. The molecule has 158 valence electrons. The minimum Gasteiger partial charge on any atom is -0.426 e. The van der Waals surface area contributed by atoms with E-state index in [4.69, 9.17) is 0 Å². The second-order valence-corrected chi connectivity index (χ2v) is 7.40. The predicted molar refractivity (Wildman–Crippen MR) is 110 cm³/mol. The molecule has 1 aromatic rings. The van der Waals surface area contributed by atoms with Crippen molar-refractivity contribution in [2.24, 2.45) is 0 Å². The van der Waals surface area contributed by atoms with Crippen molar-refractivity contribution in [1.82, 2.24) is 15.5 Å². The van der Waals surface area contributed by atoms with Gasteiger partial charge in [-0.15, -0.1) is 0 Å². The normalized spacial score (nSPS) is 17.0. The Morgan fingerprint density at radius 1 is 1.24 bits per heavy atom. The molecule has 4 N–H and O–H groups in total. The fourth-order valence-corrected chi connectivity index (χ4v) is 3.45. The van der Waals surface area contributed by atoms with Gasteiger partial charge in [0.1, 0.15) is 6.04 Å². The molecule has 0 aromatic heterocycles. The molecule has 0 aliphatic carbocycles. The lowest BCUT2D eigenvalue weighted by Crippen LogP contribution is -2.52. The van der Waals surface area contributed by atoms with Crippen LogP contribution in [0.25, 0.3) is 0 Å². The van der Waals surface area contributed by atoms with Crippen molar-refractivity contribution in [2.75, 3.05) is 13.1 Å². The quantitative estimate of drug-likeness (QED) is 0.442. The van der Waals surface area contributed by atoms with Gasteiger partial charge in [0.05, 0.1) is 5.94 Å². The summed E-state index contributed by atoms with van der Waals surface area (Å²) in [5, 5.41) is 24.3. The molecule has 3 amide bonds. The van der Waals surface area contributed by atoms with Gasteiger partial charge in [-0.05, 0) is 50.3 Å². The maximum atomic E-state index is 12.6. The minimum absolute atomic E-state index is 0.0381. The van der Waals surface area contributed by atoms with Crippen LogP contribution in [0.15, 0.2) is 24.3 Å². The zero-order chi connectivity index (χ0) is 21.4. The van der Waals surface area contributed by atoms with Crippen LogP contribution in [-0.2, 0) is 16.0 Å². The predicted octanol–water partition coefficient (Wildman–Crippen LogP) is 0.267. The van der Waals surface area contributed by atoms with Gasteiger partial charge in [0.25, 0.3) is 5.91 Å². The number of likely N-dealkylation sites (tertiary alicyclic amines) is 1. The highest BCUT2D eigenvalue weighted by molar-refractivity contribution is 6.43. The summed E-state index contributed by atoms with van der Waals surface area (Å²) in [5.74, 6) is -1.28. The monoisotopic (exact) mass is 403 g/mol. The third kappa shape index (κ3) is 6.57. The standard InChI is InChI=1S/C20H30BN3O5/c1-3-5-18(25)22-12-11-15-7-9-16(10-8-15)19(26)23-14(2)20(27)24-13-4-6-17(24)21(28)29/h7-10,14,17,28-29H,3-6,11-13H2,1-2H3,(H,22,25)(H,23,26)/t14-,17+/m1/s1. The van der Waals surface area contributed by atoms with E-state index >= 15 is 0 Å². The number of carbonyl (C=O) groups is 3. The molecule has 1 aromatic carbocycles. The maximum Gasteiger partial charge on any atom is 0.475 e. The highest BCUT2D eigenvalue weighted by Gasteiger charge is 2.38. The third-order valence-corrected chi connectivity index (χ3v) is 5.07. The van der Waals surface area contributed by atoms with Crippen LogP contribution < -0.4 is 10.6 Å². The second-order valence-electron chi connectivity index (χ2n) is 7.40. The van der Waals surface area contributed by atoms with Crippen LogP contribution in [0.4, 0.5) is 0 Å². The minimum atomic E-state index is -1.58. The van der Waals surface area contributed by atoms with Gasteiger partial charge < -0.3 is 25.6 Å². The lowest BCUT2D eigenvalue weighted by molar-refractivity contribution is -0.132. The van der Waals surface area contributed by atoms with Gasteiger partial charge in [-0.1, -0.05) is 19.1 Å². The highest BCUT2D eigenvalue weighted by Crippen LogP contribution is 2.19. The molecule has 0 unspecified atom stereocenters. The number of benzene rings is 1. The number of hydrogen-bond donors (Lipinski definition) is 4. The average molecular weight is 403 g/mol. The zero-order valence-electron chi connectivity index (χ0n) is 17.1. The molecule has 9 heteroatoms. The van der Waals surface area contributed by atoms with E-state index < -0.39 is 19.1 Å². The fourth-order valence-electron chi connectivity index (χ4n) is 3.45. The van der Waals surface area contributed by atoms with Crippen molar-refractivity contribution < 1.29 is 24.4 Å². The molecule has 0 saturated carbocycles. The number of amides is 3. The first-order valence-corrected chi connectivity index (χ1v) is 10.2. The van der Waals surface area contributed by atoms with Crippen LogP contribution in [0.1, 0.15) is 55.5 Å². The van der Waals surface area contributed by atoms with Crippen molar-refractivity contribution in [2.45, 2.75) is 57.9 Å². The van der Waals surface area contributed by atoms with Gasteiger partial charge in [-0.25, -0.2) is 0 Å². The zero-order valence-corrected chi connectivity index (χ0v) is 17.1. The summed E-state index contributed by atoms with van der Waals surface area (Å²) in [5.41, 5.74) is 1.43.